The van der Waals surface area contributed by atoms with E-state index in [-0.39, 0.29) is 0 Å². The van der Waals surface area contributed by atoms with Crippen LogP contribution in [0.25, 0.3) is 0 Å². The van der Waals surface area contributed by atoms with Gasteiger partial charge in [-0.25, -0.2) is 0 Å². The van der Waals surface area contributed by atoms with E-state index < -0.39 is 0 Å². The van der Waals surface area contributed by atoms with Crippen molar-refractivity contribution < 1.29 is 0 Å². The summed E-state index contributed by atoms with van der Waals surface area (Å²) in [6.45, 7) is 42.4. The zero-order valence-electron chi connectivity index (χ0n) is 29.2. The molecule has 1 heteroatoms. The van der Waals surface area contributed by atoms with Crippen molar-refractivity contribution in [2.75, 3.05) is 0 Å². The number of nitrogens with two attached hydrogens (primary N) is 1. The Hall–Kier alpha value is -2.02. The molecule has 1 aromatic carbocycles. The molecule has 1 aromatic rings. The Morgan fingerprint density at radius 2 is 0.921 bits per heavy atom. The van der Waals surface area contributed by atoms with Gasteiger partial charge < -0.3 is 5.73 Å². The first-order chi connectivity index (χ1) is 18.1. The van der Waals surface area contributed by atoms with Crippen molar-refractivity contribution >= 4 is 0 Å². The van der Waals surface area contributed by atoms with E-state index in [1.807, 2.05) is 69.2 Å². The van der Waals surface area contributed by atoms with Gasteiger partial charge in [-0.15, -0.1) is 6.58 Å². The highest BCUT2D eigenvalue weighted by atomic mass is 14.6. The Labute approximate surface area is 243 Å². The quantitative estimate of drug-likeness (QED) is 0.236. The summed E-state index contributed by atoms with van der Waals surface area (Å²) >= 11 is 0. The second kappa shape index (κ2) is 42.1. The van der Waals surface area contributed by atoms with Gasteiger partial charge in [0.2, 0.25) is 0 Å². The summed E-state index contributed by atoms with van der Waals surface area (Å²) in [6, 6.07) is 8.83. The van der Waals surface area contributed by atoms with Crippen LogP contribution in [0, 0.1) is 0 Å². The third-order valence-electron chi connectivity index (χ3n) is 5.02. The van der Waals surface area contributed by atoms with E-state index in [0.29, 0.717) is 0 Å². The smallest absolute Gasteiger partial charge is 0.0370 e. The molecule has 0 heterocycles. The zero-order valence-corrected chi connectivity index (χ0v) is 29.2. The van der Waals surface area contributed by atoms with Gasteiger partial charge in [-0.2, -0.15) is 0 Å². The number of hydrogen-bond donors (Lipinski definition) is 1. The molecule has 2 N–H and O–H groups in total. The maximum atomic E-state index is 5.85. The van der Waals surface area contributed by atoms with Gasteiger partial charge in [-0.1, -0.05) is 144 Å². The summed E-state index contributed by atoms with van der Waals surface area (Å²) in [7, 11) is 0. The maximum absolute atomic E-state index is 5.85. The molecule has 0 amide bonds. The number of allylic oxidation sites excluding steroid dienone is 4. The fraction of sp³-hybridized carbons (Fsp3) is 0.622. The van der Waals surface area contributed by atoms with Crippen molar-refractivity contribution in [1.82, 2.24) is 0 Å². The van der Waals surface area contributed by atoms with E-state index in [2.05, 4.69) is 78.6 Å². The zero-order chi connectivity index (χ0) is 31.5. The molecule has 0 unspecified atom stereocenters. The van der Waals surface area contributed by atoms with E-state index in [1.165, 1.54) is 48.8 Å². The lowest BCUT2D eigenvalue weighted by atomic mass is 10.00. The molecule has 0 radical (unpaired) electrons. The average molecular weight is 532 g/mol. The molecule has 1 nitrogen and oxygen atoms in total. The van der Waals surface area contributed by atoms with E-state index in [0.717, 1.165) is 41.7 Å². The minimum Gasteiger partial charge on any atom is -0.398 e. The highest BCUT2D eigenvalue weighted by Gasteiger charge is 2.02. The lowest BCUT2D eigenvalue weighted by Gasteiger charge is -2.09. The predicted molar refractivity (Wildman–Crippen MR) is 185 cm³/mol. The van der Waals surface area contributed by atoms with Gasteiger partial charge in [0.1, 0.15) is 0 Å². The topological polar surface area (TPSA) is 26.0 Å². The predicted octanol–water partition coefficient (Wildman–Crippen LogP) is 13.2. The highest BCUT2D eigenvalue weighted by molar-refractivity contribution is 5.38. The van der Waals surface area contributed by atoms with Crippen LogP contribution in [0.2, 0.25) is 0 Å². The van der Waals surface area contributed by atoms with Gasteiger partial charge in [-0.3, -0.25) is 0 Å². The molecular formula is C37H73N. The molecule has 0 atom stereocenters. The second-order valence-electron chi connectivity index (χ2n) is 8.11. The molecule has 0 aromatic heterocycles. The summed E-state index contributed by atoms with van der Waals surface area (Å²) in [4.78, 5) is 0. The van der Waals surface area contributed by atoms with Crippen molar-refractivity contribution in [1.29, 1.82) is 0 Å². The Kier molecular flexibility index (Phi) is 54.2. The van der Waals surface area contributed by atoms with Gasteiger partial charge in [-0.05, 0) is 81.6 Å². The minimum absolute atomic E-state index is 0.793. The Balaban J connectivity index is -0.0000000913. The number of aryl methyl sites for hydroxylation is 2. The molecule has 0 aliphatic rings. The molecule has 226 valence electrons. The van der Waals surface area contributed by atoms with Gasteiger partial charge in [0, 0.05) is 5.70 Å². The van der Waals surface area contributed by atoms with Gasteiger partial charge in [0.05, 0.1) is 0 Å². The molecule has 38 heavy (non-hydrogen) atoms. The number of unbranched alkanes of at least 4 members (excludes halogenated alkanes) is 2. The van der Waals surface area contributed by atoms with E-state index in [4.69, 9.17) is 5.73 Å². The van der Waals surface area contributed by atoms with Crippen LogP contribution in [0.4, 0.5) is 0 Å². The molecule has 0 bridgehead atoms. The van der Waals surface area contributed by atoms with Crippen LogP contribution in [0.5, 0.6) is 0 Å². The number of hydrogen-bond acceptors (Lipinski definition) is 1. The molecule has 0 saturated carbocycles. The lowest BCUT2D eigenvalue weighted by Crippen LogP contribution is -2.03. The lowest BCUT2D eigenvalue weighted by molar-refractivity contribution is 0.789. The second-order valence-corrected chi connectivity index (χ2v) is 8.11. The number of rotatable bonds is 10. The summed E-state index contributed by atoms with van der Waals surface area (Å²) < 4.78 is 0. The van der Waals surface area contributed by atoms with Crippen LogP contribution < -0.4 is 5.73 Å². The van der Waals surface area contributed by atoms with Gasteiger partial charge in [0.15, 0.2) is 0 Å². The summed E-state index contributed by atoms with van der Waals surface area (Å²) in [5.41, 5.74) is 14.0. The summed E-state index contributed by atoms with van der Waals surface area (Å²) in [6.07, 6.45) is 9.49. The largest absolute Gasteiger partial charge is 0.398 e. The molecule has 0 aliphatic carbocycles. The van der Waals surface area contributed by atoms with Crippen LogP contribution >= 0.6 is 0 Å². The maximum Gasteiger partial charge on any atom is 0.0370 e. The molecule has 0 spiro atoms. The van der Waals surface area contributed by atoms with Crippen molar-refractivity contribution in [3.8, 4) is 0 Å². The standard InChI is InChI=1S/C12H21N.C10H14.C7H14.4C2H6/c1-6-7-8-10(4)11(5)12(13)9(2)3;1-3-9-5-7-10(4-2)8-6-9;1-4-5-6-7(2)3;4*1-2/h2,4,6-8,13H2,1,3,5H3;5-8H,3-4H2,1-2H3;2,4-6H2,1,3H3;4*1-2H3/b12-11+;;;;;;. The van der Waals surface area contributed by atoms with Crippen molar-refractivity contribution in [3.05, 3.63) is 83.1 Å². The van der Waals surface area contributed by atoms with E-state index >= 15 is 0 Å². The molecule has 0 saturated heterocycles. The Bertz CT molecular complexity index is 621. The monoisotopic (exact) mass is 532 g/mol. The Morgan fingerprint density at radius 3 is 1.13 bits per heavy atom. The first kappa shape index (κ1) is 49.0. The van der Waals surface area contributed by atoms with Crippen LogP contribution in [-0.2, 0) is 12.8 Å². The van der Waals surface area contributed by atoms with Crippen molar-refractivity contribution in [2.45, 2.75) is 155 Å². The first-order valence-electron chi connectivity index (χ1n) is 15.7. The SMILES string of the molecule is C=C(C)CCCC.C=C(CCCC)/C(C)=C(/N)C(=C)C.CC.CC.CC.CC.CCc1ccc(CC)cc1. The Morgan fingerprint density at radius 1 is 0.605 bits per heavy atom. The van der Waals surface area contributed by atoms with Gasteiger partial charge >= 0.3 is 0 Å². The molecular weight excluding hydrogens is 458 g/mol. The van der Waals surface area contributed by atoms with E-state index in [1.54, 1.807) is 0 Å². The van der Waals surface area contributed by atoms with Crippen LogP contribution in [0.3, 0.4) is 0 Å². The fourth-order valence-corrected chi connectivity index (χ4v) is 2.58. The summed E-state index contributed by atoms with van der Waals surface area (Å²) in [5.74, 6) is 0. The summed E-state index contributed by atoms with van der Waals surface area (Å²) in [5, 5.41) is 0. The highest BCUT2D eigenvalue weighted by Crippen LogP contribution is 2.18. The third-order valence-corrected chi connectivity index (χ3v) is 5.02. The van der Waals surface area contributed by atoms with Gasteiger partial charge in [0.25, 0.3) is 0 Å². The molecule has 1 rings (SSSR count). The van der Waals surface area contributed by atoms with Crippen LogP contribution in [0.1, 0.15) is 154 Å². The molecule has 0 fully saturated rings. The van der Waals surface area contributed by atoms with E-state index in [9.17, 15) is 0 Å². The average Bonchev–Trinajstić information content (AvgIpc) is 2.98. The third kappa shape index (κ3) is 36.1. The normalized spacial score (nSPS) is 9.03. The first-order valence-corrected chi connectivity index (χ1v) is 15.7. The van der Waals surface area contributed by atoms with Crippen LogP contribution in [-0.4, -0.2) is 0 Å². The van der Waals surface area contributed by atoms with Crippen LogP contribution in [0.15, 0.2) is 72.0 Å². The van der Waals surface area contributed by atoms with Crippen molar-refractivity contribution in [2.24, 2.45) is 5.73 Å². The minimum atomic E-state index is 0.793. The van der Waals surface area contributed by atoms with Crippen molar-refractivity contribution in [3.63, 3.8) is 0 Å². The molecule has 0 aliphatic heterocycles. The fourth-order valence-electron chi connectivity index (χ4n) is 2.58. The number of benzene rings is 1.